The Hall–Kier alpha value is -3.23. The molecule has 0 radical (unpaired) electrons. The van der Waals surface area contributed by atoms with E-state index in [2.05, 4.69) is 10.6 Å². The number of nitrogens with one attached hydrogen (secondary N) is 2. The van der Waals surface area contributed by atoms with Gasteiger partial charge in [0, 0.05) is 23.7 Å². The van der Waals surface area contributed by atoms with E-state index in [0.717, 1.165) is 5.69 Å². The SMILES string of the molecule is COc1ccc(NC(=O)N(CC(=O)Nc2cc(C(C)(C)C)nn2-c2ccc(Cl)c(Cl)c2)CC(C)C)cc1. The molecule has 198 valence electrons. The van der Waals surface area contributed by atoms with Crippen molar-refractivity contribution < 1.29 is 14.3 Å². The minimum absolute atomic E-state index is 0.141. The Morgan fingerprint density at radius 2 is 1.70 bits per heavy atom. The van der Waals surface area contributed by atoms with E-state index in [1.54, 1.807) is 54.3 Å². The highest BCUT2D eigenvalue weighted by molar-refractivity contribution is 6.42. The van der Waals surface area contributed by atoms with Gasteiger partial charge in [-0.3, -0.25) is 4.79 Å². The summed E-state index contributed by atoms with van der Waals surface area (Å²) in [6.45, 7) is 10.3. The van der Waals surface area contributed by atoms with Gasteiger partial charge in [-0.15, -0.1) is 0 Å². The molecule has 0 spiro atoms. The van der Waals surface area contributed by atoms with Crippen LogP contribution in [-0.4, -0.2) is 46.8 Å². The highest BCUT2D eigenvalue weighted by Crippen LogP contribution is 2.29. The van der Waals surface area contributed by atoms with Crippen molar-refractivity contribution >= 4 is 46.6 Å². The molecule has 0 saturated heterocycles. The second-order valence-corrected chi connectivity index (χ2v) is 11.0. The zero-order chi connectivity index (χ0) is 27.3. The summed E-state index contributed by atoms with van der Waals surface area (Å²) in [5.41, 5.74) is 1.78. The molecule has 0 bridgehead atoms. The van der Waals surface area contributed by atoms with E-state index < -0.39 is 0 Å². The molecule has 0 fully saturated rings. The van der Waals surface area contributed by atoms with E-state index in [1.807, 2.05) is 40.7 Å². The van der Waals surface area contributed by atoms with Gasteiger partial charge in [0.2, 0.25) is 5.91 Å². The van der Waals surface area contributed by atoms with Crippen LogP contribution in [0.25, 0.3) is 5.69 Å². The van der Waals surface area contributed by atoms with Crippen molar-refractivity contribution in [2.75, 3.05) is 30.8 Å². The Bertz CT molecular complexity index is 1250. The van der Waals surface area contributed by atoms with Crippen molar-refractivity contribution in [3.8, 4) is 11.4 Å². The minimum Gasteiger partial charge on any atom is -0.497 e. The number of benzene rings is 2. The van der Waals surface area contributed by atoms with Crippen LogP contribution in [0, 0.1) is 5.92 Å². The van der Waals surface area contributed by atoms with Gasteiger partial charge in [0.15, 0.2) is 0 Å². The van der Waals surface area contributed by atoms with Gasteiger partial charge >= 0.3 is 6.03 Å². The van der Waals surface area contributed by atoms with Gasteiger partial charge in [-0.05, 0) is 48.4 Å². The fourth-order valence-electron chi connectivity index (χ4n) is 3.54. The Morgan fingerprint density at radius 1 is 1.03 bits per heavy atom. The number of urea groups is 1. The molecule has 1 aromatic heterocycles. The van der Waals surface area contributed by atoms with Crippen molar-refractivity contribution in [2.24, 2.45) is 5.92 Å². The molecule has 2 N–H and O–H groups in total. The highest BCUT2D eigenvalue weighted by Gasteiger charge is 2.24. The van der Waals surface area contributed by atoms with Crippen LogP contribution in [0.15, 0.2) is 48.5 Å². The first-order valence-electron chi connectivity index (χ1n) is 11.9. The Kier molecular flexibility index (Phi) is 9.10. The number of hydrogen-bond donors (Lipinski definition) is 2. The predicted molar refractivity (Wildman–Crippen MR) is 149 cm³/mol. The number of halogens is 2. The quantitative estimate of drug-likeness (QED) is 0.333. The van der Waals surface area contributed by atoms with Crippen LogP contribution in [-0.2, 0) is 10.2 Å². The standard InChI is InChI=1S/C27H33Cl2N5O3/c1-17(2)15-33(26(36)30-18-7-10-20(37-6)11-8-18)16-25(35)31-24-14-23(27(3,4)5)32-34(24)19-9-12-21(28)22(29)13-19/h7-14,17H,15-16H2,1-6H3,(H,30,36)(H,31,35). The van der Waals surface area contributed by atoms with E-state index in [9.17, 15) is 9.59 Å². The summed E-state index contributed by atoms with van der Waals surface area (Å²) >= 11 is 12.3. The number of methoxy groups -OCH3 is 1. The molecule has 3 rings (SSSR count). The number of ether oxygens (including phenoxy) is 1. The number of carbonyl (C=O) groups excluding carboxylic acids is 2. The lowest BCUT2D eigenvalue weighted by Gasteiger charge is -2.24. The van der Waals surface area contributed by atoms with Crippen LogP contribution in [0.4, 0.5) is 16.3 Å². The molecule has 37 heavy (non-hydrogen) atoms. The monoisotopic (exact) mass is 545 g/mol. The summed E-state index contributed by atoms with van der Waals surface area (Å²) in [6, 6.07) is 13.6. The van der Waals surface area contributed by atoms with E-state index in [1.165, 1.54) is 4.90 Å². The molecule has 0 unspecified atom stereocenters. The first-order chi connectivity index (χ1) is 17.4. The third-order valence-corrected chi connectivity index (χ3v) is 6.18. The molecule has 3 amide bonds. The second kappa shape index (κ2) is 11.9. The van der Waals surface area contributed by atoms with E-state index in [4.69, 9.17) is 33.0 Å². The summed E-state index contributed by atoms with van der Waals surface area (Å²) in [4.78, 5) is 27.7. The predicted octanol–water partition coefficient (Wildman–Crippen LogP) is 6.61. The van der Waals surface area contributed by atoms with Gasteiger partial charge in [-0.1, -0.05) is 57.8 Å². The average Bonchev–Trinajstić information content (AvgIpc) is 3.25. The lowest BCUT2D eigenvalue weighted by atomic mass is 9.92. The van der Waals surface area contributed by atoms with Crippen molar-refractivity contribution in [3.63, 3.8) is 0 Å². The van der Waals surface area contributed by atoms with Gasteiger partial charge in [0.25, 0.3) is 0 Å². The van der Waals surface area contributed by atoms with Crippen LogP contribution in [0.2, 0.25) is 10.0 Å². The van der Waals surface area contributed by atoms with Gasteiger partial charge in [-0.2, -0.15) is 5.10 Å². The van der Waals surface area contributed by atoms with Crippen molar-refractivity contribution in [1.82, 2.24) is 14.7 Å². The number of carbonyl (C=O) groups is 2. The molecule has 0 saturated carbocycles. The van der Waals surface area contributed by atoms with Crippen LogP contribution in [0.1, 0.15) is 40.3 Å². The van der Waals surface area contributed by atoms with Crippen LogP contribution in [0.3, 0.4) is 0 Å². The number of anilines is 2. The fourth-order valence-corrected chi connectivity index (χ4v) is 3.84. The molecular formula is C27H33Cl2N5O3. The Balaban J connectivity index is 1.82. The lowest BCUT2D eigenvalue weighted by Crippen LogP contribution is -2.42. The molecule has 0 aliphatic heterocycles. The summed E-state index contributed by atoms with van der Waals surface area (Å²) in [7, 11) is 1.58. The first-order valence-corrected chi connectivity index (χ1v) is 12.7. The maximum Gasteiger partial charge on any atom is 0.322 e. The molecule has 0 aliphatic carbocycles. The van der Waals surface area contributed by atoms with Crippen LogP contribution >= 0.6 is 23.2 Å². The fraction of sp³-hybridized carbons (Fsp3) is 0.370. The average molecular weight is 546 g/mol. The zero-order valence-corrected chi connectivity index (χ0v) is 23.4. The summed E-state index contributed by atoms with van der Waals surface area (Å²) in [6.07, 6.45) is 0. The maximum absolute atomic E-state index is 13.2. The Labute approximate surface area is 227 Å². The maximum atomic E-state index is 13.2. The van der Waals surface area contributed by atoms with E-state index in [-0.39, 0.29) is 29.8 Å². The van der Waals surface area contributed by atoms with Crippen LogP contribution in [0.5, 0.6) is 5.75 Å². The normalized spacial score (nSPS) is 11.4. The third-order valence-electron chi connectivity index (χ3n) is 5.44. The van der Waals surface area contributed by atoms with E-state index >= 15 is 0 Å². The van der Waals surface area contributed by atoms with Gasteiger partial charge < -0.3 is 20.3 Å². The number of rotatable bonds is 8. The molecule has 3 aromatic rings. The smallest absolute Gasteiger partial charge is 0.322 e. The van der Waals surface area contributed by atoms with Crippen molar-refractivity contribution in [3.05, 3.63) is 64.3 Å². The van der Waals surface area contributed by atoms with Gasteiger partial charge in [0.05, 0.1) is 28.5 Å². The molecular weight excluding hydrogens is 513 g/mol. The summed E-state index contributed by atoms with van der Waals surface area (Å²) < 4.78 is 6.78. The number of hydrogen-bond acceptors (Lipinski definition) is 4. The molecule has 0 aliphatic rings. The van der Waals surface area contributed by atoms with Gasteiger partial charge in [-0.25, -0.2) is 9.48 Å². The lowest BCUT2D eigenvalue weighted by molar-refractivity contribution is -0.116. The van der Waals surface area contributed by atoms with Crippen molar-refractivity contribution in [1.29, 1.82) is 0 Å². The molecule has 10 heteroatoms. The molecule has 2 aromatic carbocycles. The number of amides is 3. The van der Waals surface area contributed by atoms with Crippen molar-refractivity contribution in [2.45, 2.75) is 40.0 Å². The topological polar surface area (TPSA) is 88.5 Å². The third kappa shape index (κ3) is 7.63. The molecule has 8 nitrogen and oxygen atoms in total. The molecule has 1 heterocycles. The zero-order valence-electron chi connectivity index (χ0n) is 21.9. The van der Waals surface area contributed by atoms with Crippen LogP contribution < -0.4 is 15.4 Å². The first kappa shape index (κ1) is 28.3. The molecule has 0 atom stereocenters. The van der Waals surface area contributed by atoms with Gasteiger partial charge in [0.1, 0.15) is 18.1 Å². The Morgan fingerprint density at radius 3 is 2.27 bits per heavy atom. The summed E-state index contributed by atoms with van der Waals surface area (Å²) in [5, 5.41) is 11.3. The highest BCUT2D eigenvalue weighted by atomic mass is 35.5. The minimum atomic E-state index is -0.373. The summed E-state index contributed by atoms with van der Waals surface area (Å²) in [5.74, 6) is 0.953. The number of nitrogens with zero attached hydrogens (tertiary/aromatic N) is 3. The second-order valence-electron chi connectivity index (χ2n) is 10.2. The number of aromatic nitrogens is 2. The van der Waals surface area contributed by atoms with E-state index in [0.29, 0.717) is 39.5 Å². The largest absolute Gasteiger partial charge is 0.497 e.